The van der Waals surface area contributed by atoms with Crippen LogP contribution in [-0.2, 0) is 0 Å². The monoisotopic (exact) mass is 282 g/mol. The van der Waals surface area contributed by atoms with Crippen molar-refractivity contribution in [1.29, 1.82) is 0 Å². The van der Waals surface area contributed by atoms with Crippen LogP contribution < -0.4 is 16.2 Å². The summed E-state index contributed by atoms with van der Waals surface area (Å²) < 4.78 is 5.80. The molecule has 0 radical (unpaired) electrons. The molecule has 0 spiro atoms. The quantitative estimate of drug-likeness (QED) is 0.513. The topological polar surface area (TPSA) is 86.0 Å². The molecule has 4 N–H and O–H groups in total. The maximum Gasteiger partial charge on any atom is 0.211 e. The minimum Gasteiger partial charge on any atom is -0.457 e. The van der Waals surface area contributed by atoms with Gasteiger partial charge in [-0.15, -0.1) is 5.10 Å². The molecule has 108 valence electrons. The van der Waals surface area contributed by atoms with Crippen molar-refractivity contribution in [3.05, 3.63) is 59.2 Å². The third kappa shape index (κ3) is 4.35. The molecule has 0 atom stereocenters. The van der Waals surface area contributed by atoms with Gasteiger partial charge in [-0.1, -0.05) is 6.07 Å². The van der Waals surface area contributed by atoms with Gasteiger partial charge in [0.2, 0.25) is 5.96 Å². The van der Waals surface area contributed by atoms with Crippen molar-refractivity contribution < 1.29 is 4.74 Å². The number of guanidine groups is 1. The Morgan fingerprint density at radius 1 is 0.952 bits per heavy atom. The largest absolute Gasteiger partial charge is 0.457 e. The lowest BCUT2D eigenvalue weighted by molar-refractivity contribution is 0.482. The van der Waals surface area contributed by atoms with Gasteiger partial charge in [-0.25, -0.2) is 0 Å². The fourth-order valence-electron chi connectivity index (χ4n) is 1.70. The average molecular weight is 282 g/mol. The predicted molar refractivity (Wildman–Crippen MR) is 85.8 cm³/mol. The van der Waals surface area contributed by atoms with E-state index in [-0.39, 0.29) is 5.96 Å². The Morgan fingerprint density at radius 2 is 1.62 bits per heavy atom. The summed E-state index contributed by atoms with van der Waals surface area (Å²) in [5.41, 5.74) is 13.7. The van der Waals surface area contributed by atoms with Crippen molar-refractivity contribution in [2.24, 2.45) is 21.7 Å². The average Bonchev–Trinajstić information content (AvgIpc) is 2.44. The predicted octanol–water partition coefficient (Wildman–Crippen LogP) is 2.70. The van der Waals surface area contributed by atoms with Gasteiger partial charge >= 0.3 is 0 Å². The number of nitrogens with zero attached hydrogens (tertiary/aromatic N) is 2. The third-order valence-corrected chi connectivity index (χ3v) is 2.97. The van der Waals surface area contributed by atoms with Gasteiger partial charge in [-0.3, -0.25) is 0 Å². The van der Waals surface area contributed by atoms with E-state index in [1.165, 1.54) is 11.1 Å². The summed E-state index contributed by atoms with van der Waals surface area (Å²) >= 11 is 0. The summed E-state index contributed by atoms with van der Waals surface area (Å²) in [6.45, 7) is 4.13. The molecular formula is C16H18N4O. The Bertz CT molecular complexity index is 671. The van der Waals surface area contributed by atoms with Gasteiger partial charge in [0, 0.05) is 0 Å². The van der Waals surface area contributed by atoms with E-state index in [1.807, 2.05) is 42.5 Å². The highest BCUT2D eigenvalue weighted by Gasteiger charge is 1.99. The third-order valence-electron chi connectivity index (χ3n) is 2.97. The summed E-state index contributed by atoms with van der Waals surface area (Å²) in [4.78, 5) is 0. The second kappa shape index (κ2) is 6.56. The molecule has 0 bridgehead atoms. The Morgan fingerprint density at radius 3 is 2.24 bits per heavy atom. The van der Waals surface area contributed by atoms with Crippen molar-refractivity contribution in [2.45, 2.75) is 13.8 Å². The fourth-order valence-corrected chi connectivity index (χ4v) is 1.70. The first kappa shape index (κ1) is 14.6. The zero-order valence-electron chi connectivity index (χ0n) is 12.1. The molecular weight excluding hydrogens is 264 g/mol. The second-order valence-electron chi connectivity index (χ2n) is 4.69. The lowest BCUT2D eigenvalue weighted by Gasteiger charge is -2.08. The molecule has 0 aliphatic rings. The molecule has 0 saturated heterocycles. The number of ether oxygens (including phenoxy) is 1. The molecule has 0 unspecified atom stereocenters. The van der Waals surface area contributed by atoms with E-state index in [0.29, 0.717) is 0 Å². The maximum absolute atomic E-state index is 5.80. The van der Waals surface area contributed by atoms with Gasteiger partial charge < -0.3 is 16.2 Å². The smallest absolute Gasteiger partial charge is 0.211 e. The first-order valence-corrected chi connectivity index (χ1v) is 6.52. The minimum atomic E-state index is -0.0686. The molecule has 21 heavy (non-hydrogen) atoms. The van der Waals surface area contributed by atoms with E-state index in [2.05, 4.69) is 24.1 Å². The number of rotatable bonds is 4. The number of hydrogen-bond acceptors (Lipinski definition) is 3. The van der Waals surface area contributed by atoms with Crippen LogP contribution in [0.5, 0.6) is 11.5 Å². The van der Waals surface area contributed by atoms with E-state index in [9.17, 15) is 0 Å². The van der Waals surface area contributed by atoms with Crippen LogP contribution >= 0.6 is 0 Å². The van der Waals surface area contributed by atoms with Gasteiger partial charge in [-0.2, -0.15) is 5.10 Å². The highest BCUT2D eigenvalue weighted by atomic mass is 16.5. The van der Waals surface area contributed by atoms with Gasteiger partial charge in [0.25, 0.3) is 0 Å². The van der Waals surface area contributed by atoms with Gasteiger partial charge in [0.1, 0.15) is 11.5 Å². The zero-order valence-corrected chi connectivity index (χ0v) is 12.1. The molecule has 0 saturated carbocycles. The van der Waals surface area contributed by atoms with Gasteiger partial charge in [0.05, 0.1) is 6.21 Å². The summed E-state index contributed by atoms with van der Waals surface area (Å²) in [6.07, 6.45) is 1.57. The molecule has 0 fully saturated rings. The molecule has 0 heterocycles. The fraction of sp³-hybridized carbons (Fsp3) is 0.125. The molecule has 2 aromatic carbocycles. The molecule has 0 amide bonds. The van der Waals surface area contributed by atoms with Crippen LogP contribution in [0, 0.1) is 13.8 Å². The summed E-state index contributed by atoms with van der Waals surface area (Å²) in [7, 11) is 0. The van der Waals surface area contributed by atoms with Crippen LogP contribution in [0.2, 0.25) is 0 Å². The molecule has 2 rings (SSSR count). The summed E-state index contributed by atoms with van der Waals surface area (Å²) in [6, 6.07) is 13.5. The number of hydrogen-bond donors (Lipinski definition) is 2. The Kier molecular flexibility index (Phi) is 4.56. The van der Waals surface area contributed by atoms with Crippen LogP contribution in [0.15, 0.2) is 52.7 Å². The molecule has 0 aliphatic heterocycles. The van der Waals surface area contributed by atoms with Crippen LogP contribution in [-0.4, -0.2) is 12.2 Å². The maximum atomic E-state index is 5.80. The second-order valence-corrected chi connectivity index (χ2v) is 4.69. The van der Waals surface area contributed by atoms with Gasteiger partial charge in [-0.05, 0) is 66.9 Å². The van der Waals surface area contributed by atoms with E-state index >= 15 is 0 Å². The highest BCUT2D eigenvalue weighted by Crippen LogP contribution is 2.23. The van der Waals surface area contributed by atoms with Crippen molar-refractivity contribution in [1.82, 2.24) is 0 Å². The minimum absolute atomic E-state index is 0.0686. The lowest BCUT2D eigenvalue weighted by Crippen LogP contribution is -2.21. The standard InChI is InChI=1S/C16H18N4O/c1-11-3-6-15(9-12(11)2)21-14-7-4-13(5-8-14)10-19-20-16(17)18/h3-10H,1-2H3,(H4,17,18,20). The van der Waals surface area contributed by atoms with Crippen molar-refractivity contribution in [2.75, 3.05) is 0 Å². The Balaban J connectivity index is 2.07. The first-order valence-electron chi connectivity index (χ1n) is 6.52. The van der Waals surface area contributed by atoms with Crippen LogP contribution in [0.1, 0.15) is 16.7 Å². The van der Waals surface area contributed by atoms with Crippen LogP contribution in [0.25, 0.3) is 0 Å². The molecule has 0 aliphatic carbocycles. The van der Waals surface area contributed by atoms with Crippen LogP contribution in [0.4, 0.5) is 0 Å². The van der Waals surface area contributed by atoms with E-state index in [4.69, 9.17) is 16.2 Å². The Hall–Kier alpha value is -2.82. The summed E-state index contributed by atoms with van der Waals surface area (Å²) in [5.74, 6) is 1.51. The van der Waals surface area contributed by atoms with Crippen molar-refractivity contribution in [3.63, 3.8) is 0 Å². The van der Waals surface area contributed by atoms with Gasteiger partial charge in [0.15, 0.2) is 0 Å². The number of nitrogens with two attached hydrogens (primary N) is 2. The number of benzene rings is 2. The lowest BCUT2D eigenvalue weighted by atomic mass is 10.1. The SMILES string of the molecule is Cc1ccc(Oc2ccc(C=NN=C(N)N)cc2)cc1C. The molecule has 0 aromatic heterocycles. The van der Waals surface area contributed by atoms with Crippen molar-refractivity contribution in [3.8, 4) is 11.5 Å². The zero-order chi connectivity index (χ0) is 15.2. The molecule has 5 nitrogen and oxygen atoms in total. The molecule has 5 heteroatoms. The van der Waals surface area contributed by atoms with E-state index < -0.39 is 0 Å². The molecule has 2 aromatic rings. The highest BCUT2D eigenvalue weighted by molar-refractivity contribution is 5.81. The normalized spacial score (nSPS) is 10.6. The number of aryl methyl sites for hydroxylation is 2. The van der Waals surface area contributed by atoms with E-state index in [0.717, 1.165) is 17.1 Å². The summed E-state index contributed by atoms with van der Waals surface area (Å²) in [5, 5.41) is 7.29. The van der Waals surface area contributed by atoms with Crippen molar-refractivity contribution >= 4 is 12.2 Å². The van der Waals surface area contributed by atoms with E-state index in [1.54, 1.807) is 6.21 Å². The van der Waals surface area contributed by atoms with Crippen LogP contribution in [0.3, 0.4) is 0 Å². The first-order chi connectivity index (χ1) is 10.0. The Labute approximate surface area is 124 Å².